The molecule has 7 nitrogen and oxygen atoms in total. The molecule has 0 bridgehead atoms. The van der Waals surface area contributed by atoms with Crippen molar-refractivity contribution in [2.45, 2.75) is 39.0 Å². The highest BCUT2D eigenvalue weighted by Crippen LogP contribution is 2.43. The monoisotopic (exact) mass is 511 g/mol. The maximum Gasteiger partial charge on any atom is 0.417 e. The van der Waals surface area contributed by atoms with Gasteiger partial charge in [0.2, 0.25) is 5.82 Å². The predicted octanol–water partition coefficient (Wildman–Crippen LogP) is 6.23. The van der Waals surface area contributed by atoms with Gasteiger partial charge in [0.25, 0.3) is 5.89 Å². The third-order valence-corrected chi connectivity index (χ3v) is 6.07. The number of phenolic OH excluding ortho intramolecular Hbond substituents is 1. The molecule has 0 saturated carbocycles. The highest BCUT2D eigenvalue weighted by Gasteiger charge is 2.36. The van der Waals surface area contributed by atoms with Crippen LogP contribution in [0.3, 0.4) is 0 Å². The Morgan fingerprint density at radius 2 is 1.68 bits per heavy atom. The molecular formula is C27H24F3N3O4. The van der Waals surface area contributed by atoms with Crippen molar-refractivity contribution in [2.24, 2.45) is 0 Å². The van der Waals surface area contributed by atoms with Crippen molar-refractivity contribution < 1.29 is 32.7 Å². The molecule has 0 aliphatic heterocycles. The number of rotatable bonds is 7. The van der Waals surface area contributed by atoms with E-state index in [0.717, 1.165) is 17.7 Å². The Hall–Kier alpha value is -4.18. The third-order valence-electron chi connectivity index (χ3n) is 6.07. The summed E-state index contributed by atoms with van der Waals surface area (Å²) < 4.78 is 47.2. The number of hydrogen-bond acceptors (Lipinski definition) is 6. The molecule has 3 aromatic carbocycles. The molecule has 0 spiro atoms. The zero-order chi connectivity index (χ0) is 26.9. The summed E-state index contributed by atoms with van der Waals surface area (Å²) in [4.78, 5) is 15.3. The molecule has 4 aromatic rings. The molecule has 0 amide bonds. The lowest BCUT2D eigenvalue weighted by Gasteiger charge is -2.17. The molecule has 0 aliphatic carbocycles. The number of phenols is 1. The SMILES string of the molecule is Cc1ccccc1-c1cc(O)c(-c2nc(-c3ccc([C@@H](C)N[C@H](C)C(=O)O)cc3)no2)cc1C(F)(F)F. The number of carboxylic acids is 1. The van der Waals surface area contributed by atoms with E-state index in [2.05, 4.69) is 15.5 Å². The second-order valence-corrected chi connectivity index (χ2v) is 8.72. The zero-order valence-corrected chi connectivity index (χ0v) is 20.2. The van der Waals surface area contributed by atoms with Crippen LogP contribution in [-0.4, -0.2) is 32.4 Å². The van der Waals surface area contributed by atoms with Crippen LogP contribution in [0.2, 0.25) is 0 Å². The van der Waals surface area contributed by atoms with Crippen LogP contribution in [0, 0.1) is 6.92 Å². The first-order chi connectivity index (χ1) is 17.5. The highest BCUT2D eigenvalue weighted by atomic mass is 19.4. The lowest BCUT2D eigenvalue weighted by atomic mass is 9.93. The summed E-state index contributed by atoms with van der Waals surface area (Å²) >= 11 is 0. The molecule has 4 rings (SSSR count). The second-order valence-electron chi connectivity index (χ2n) is 8.72. The zero-order valence-electron chi connectivity index (χ0n) is 20.2. The van der Waals surface area contributed by atoms with Crippen LogP contribution in [0.15, 0.2) is 65.2 Å². The van der Waals surface area contributed by atoms with Gasteiger partial charge in [-0.15, -0.1) is 0 Å². The normalized spacial score (nSPS) is 13.4. The summed E-state index contributed by atoms with van der Waals surface area (Å²) in [5, 5.41) is 26.5. The van der Waals surface area contributed by atoms with Gasteiger partial charge in [0.1, 0.15) is 11.8 Å². The fourth-order valence-electron chi connectivity index (χ4n) is 4.01. The maximum absolute atomic E-state index is 14.0. The molecule has 2 atom stereocenters. The second kappa shape index (κ2) is 10.1. The Labute approximate surface area is 210 Å². The van der Waals surface area contributed by atoms with Gasteiger partial charge >= 0.3 is 12.1 Å². The van der Waals surface area contributed by atoms with Crippen LogP contribution in [0.5, 0.6) is 5.75 Å². The van der Waals surface area contributed by atoms with Gasteiger partial charge in [0.15, 0.2) is 0 Å². The van der Waals surface area contributed by atoms with Crippen LogP contribution in [-0.2, 0) is 11.0 Å². The number of aromatic hydroxyl groups is 1. The molecule has 0 aliphatic rings. The number of benzene rings is 3. The van der Waals surface area contributed by atoms with Crippen molar-refractivity contribution in [2.75, 3.05) is 0 Å². The minimum absolute atomic E-state index is 0.122. The lowest BCUT2D eigenvalue weighted by Crippen LogP contribution is -2.35. The molecule has 1 aromatic heterocycles. The van der Waals surface area contributed by atoms with Crippen LogP contribution < -0.4 is 5.32 Å². The van der Waals surface area contributed by atoms with E-state index in [1.165, 1.54) is 0 Å². The van der Waals surface area contributed by atoms with Crippen LogP contribution in [0.25, 0.3) is 34.0 Å². The number of alkyl halides is 3. The Balaban J connectivity index is 1.66. The van der Waals surface area contributed by atoms with E-state index in [1.807, 2.05) is 6.92 Å². The molecule has 37 heavy (non-hydrogen) atoms. The first-order valence-corrected chi connectivity index (χ1v) is 11.4. The number of halogens is 3. The fourth-order valence-corrected chi connectivity index (χ4v) is 4.01. The molecule has 1 heterocycles. The Morgan fingerprint density at radius 1 is 1.00 bits per heavy atom. The molecule has 0 saturated heterocycles. The Morgan fingerprint density at radius 3 is 2.30 bits per heavy atom. The van der Waals surface area contributed by atoms with E-state index in [-0.39, 0.29) is 28.9 Å². The number of aryl methyl sites for hydroxylation is 1. The van der Waals surface area contributed by atoms with Crippen molar-refractivity contribution in [3.05, 3.63) is 77.4 Å². The van der Waals surface area contributed by atoms with Gasteiger partial charge in [-0.1, -0.05) is 53.7 Å². The number of aromatic nitrogens is 2. The summed E-state index contributed by atoms with van der Waals surface area (Å²) in [6, 6.07) is 14.4. The van der Waals surface area contributed by atoms with Gasteiger partial charge in [-0.25, -0.2) is 0 Å². The van der Waals surface area contributed by atoms with E-state index < -0.39 is 29.5 Å². The molecule has 10 heteroatoms. The summed E-state index contributed by atoms with van der Waals surface area (Å²) in [6.45, 7) is 5.06. The van der Waals surface area contributed by atoms with Crippen molar-refractivity contribution in [3.63, 3.8) is 0 Å². The van der Waals surface area contributed by atoms with Gasteiger partial charge in [-0.3, -0.25) is 10.1 Å². The Kier molecular flexibility index (Phi) is 7.04. The van der Waals surface area contributed by atoms with Gasteiger partial charge in [0.05, 0.1) is 11.1 Å². The molecule has 3 N–H and O–H groups in total. The van der Waals surface area contributed by atoms with Gasteiger partial charge in [-0.05, 0) is 55.2 Å². The molecular weight excluding hydrogens is 487 g/mol. The largest absolute Gasteiger partial charge is 0.507 e. The average Bonchev–Trinajstić information content (AvgIpc) is 3.33. The topological polar surface area (TPSA) is 108 Å². The molecule has 0 radical (unpaired) electrons. The van der Waals surface area contributed by atoms with E-state index in [4.69, 9.17) is 9.63 Å². The number of carbonyl (C=O) groups is 1. The van der Waals surface area contributed by atoms with Gasteiger partial charge in [0, 0.05) is 11.6 Å². The highest BCUT2D eigenvalue weighted by molar-refractivity contribution is 5.78. The lowest BCUT2D eigenvalue weighted by molar-refractivity contribution is -0.139. The number of hydrogen-bond donors (Lipinski definition) is 3. The maximum atomic E-state index is 14.0. The standard InChI is InChI=1S/C27H24F3N3O4/c1-14-6-4-5-7-19(14)20-13-23(34)21(12-22(20)27(28,29)30)25-32-24(33-37-25)18-10-8-17(9-11-18)15(2)31-16(3)26(35)36/h4-13,15-16,31,34H,1-3H3,(H,35,36)/t15-,16-/m1/s1. The summed E-state index contributed by atoms with van der Waals surface area (Å²) in [7, 11) is 0. The molecule has 0 fully saturated rings. The molecule has 0 unspecified atom stereocenters. The van der Waals surface area contributed by atoms with E-state index in [0.29, 0.717) is 16.7 Å². The number of carboxylic acid groups (broad SMARTS) is 1. The summed E-state index contributed by atoms with van der Waals surface area (Å²) in [5.74, 6) is -1.53. The smallest absolute Gasteiger partial charge is 0.417 e. The van der Waals surface area contributed by atoms with Crippen molar-refractivity contribution >= 4 is 5.97 Å². The number of aliphatic carboxylic acids is 1. The van der Waals surface area contributed by atoms with Gasteiger partial charge < -0.3 is 14.7 Å². The van der Waals surface area contributed by atoms with Crippen LogP contribution >= 0.6 is 0 Å². The van der Waals surface area contributed by atoms with Crippen LogP contribution in [0.1, 0.15) is 36.6 Å². The van der Waals surface area contributed by atoms with Crippen LogP contribution in [0.4, 0.5) is 13.2 Å². The van der Waals surface area contributed by atoms with Crippen molar-refractivity contribution in [3.8, 4) is 39.7 Å². The number of nitrogens with zero attached hydrogens (tertiary/aromatic N) is 2. The average molecular weight is 512 g/mol. The minimum atomic E-state index is -4.69. The quantitative estimate of drug-likeness (QED) is 0.270. The third kappa shape index (κ3) is 5.49. The van der Waals surface area contributed by atoms with Crippen molar-refractivity contribution in [1.82, 2.24) is 15.5 Å². The summed E-state index contributed by atoms with van der Waals surface area (Å²) in [6.07, 6.45) is -4.69. The Bertz CT molecular complexity index is 1430. The van der Waals surface area contributed by atoms with E-state index in [1.54, 1.807) is 62.4 Å². The van der Waals surface area contributed by atoms with Crippen molar-refractivity contribution in [1.29, 1.82) is 0 Å². The predicted molar refractivity (Wildman–Crippen MR) is 131 cm³/mol. The van der Waals surface area contributed by atoms with E-state index >= 15 is 0 Å². The summed E-state index contributed by atoms with van der Waals surface area (Å²) in [5.41, 5.74) is 1.01. The minimum Gasteiger partial charge on any atom is -0.507 e. The first-order valence-electron chi connectivity index (χ1n) is 11.4. The fraction of sp³-hybridized carbons (Fsp3) is 0.222. The van der Waals surface area contributed by atoms with Gasteiger partial charge in [-0.2, -0.15) is 18.2 Å². The molecule has 192 valence electrons. The number of nitrogens with one attached hydrogen (secondary N) is 1. The first kappa shape index (κ1) is 25.9. The van der Waals surface area contributed by atoms with E-state index in [9.17, 15) is 23.1 Å².